The Morgan fingerprint density at radius 2 is 2.27 bits per heavy atom. The molecule has 80 valence electrons. The van der Waals surface area contributed by atoms with Crippen LogP contribution in [0.15, 0.2) is 12.4 Å². The number of nitrogens with zero attached hydrogens (tertiary/aromatic N) is 1. The average molecular weight is 209 g/mol. The van der Waals surface area contributed by atoms with E-state index in [9.17, 15) is 9.59 Å². The van der Waals surface area contributed by atoms with Crippen molar-refractivity contribution < 1.29 is 14.7 Å². The number of hydrogen-bond donors (Lipinski definition) is 3. The Morgan fingerprint density at radius 3 is 2.67 bits per heavy atom. The summed E-state index contributed by atoms with van der Waals surface area (Å²) < 4.78 is 0. The number of hydrogen-bond acceptors (Lipinski definition) is 3. The second-order valence-electron chi connectivity index (χ2n) is 3.68. The van der Waals surface area contributed by atoms with Gasteiger partial charge in [0.2, 0.25) is 0 Å². The number of nitrogens with one attached hydrogen (secondary N) is 2. The molecule has 1 aliphatic carbocycles. The molecule has 0 radical (unpaired) electrons. The van der Waals surface area contributed by atoms with Crippen molar-refractivity contribution in [1.82, 2.24) is 15.5 Å². The summed E-state index contributed by atoms with van der Waals surface area (Å²) >= 11 is 0. The molecular weight excluding hydrogens is 198 g/mol. The lowest BCUT2D eigenvalue weighted by Crippen LogP contribution is -2.59. The van der Waals surface area contributed by atoms with Crippen LogP contribution >= 0.6 is 0 Å². The van der Waals surface area contributed by atoms with E-state index in [0.29, 0.717) is 18.4 Å². The minimum Gasteiger partial charge on any atom is -0.480 e. The van der Waals surface area contributed by atoms with Gasteiger partial charge in [0.25, 0.3) is 5.91 Å². The molecule has 6 heteroatoms. The van der Waals surface area contributed by atoms with Gasteiger partial charge in [-0.1, -0.05) is 0 Å². The fourth-order valence-corrected chi connectivity index (χ4v) is 1.59. The van der Waals surface area contributed by atoms with Gasteiger partial charge in [0.15, 0.2) is 0 Å². The number of rotatable bonds is 3. The molecule has 0 aromatic carbocycles. The lowest BCUT2D eigenvalue weighted by Gasteiger charge is -2.38. The number of aliphatic carboxylic acids is 1. The van der Waals surface area contributed by atoms with Crippen LogP contribution in [0.3, 0.4) is 0 Å². The third kappa shape index (κ3) is 1.58. The smallest absolute Gasteiger partial charge is 0.329 e. The molecule has 0 spiro atoms. The quantitative estimate of drug-likeness (QED) is 0.660. The van der Waals surface area contributed by atoms with Crippen molar-refractivity contribution in [3.63, 3.8) is 0 Å². The summed E-state index contributed by atoms with van der Waals surface area (Å²) in [5.74, 6) is -1.36. The molecule has 0 unspecified atom stereocenters. The monoisotopic (exact) mass is 209 g/mol. The van der Waals surface area contributed by atoms with Crippen molar-refractivity contribution in [3.05, 3.63) is 18.0 Å². The van der Waals surface area contributed by atoms with E-state index < -0.39 is 17.4 Å². The van der Waals surface area contributed by atoms with Crippen molar-refractivity contribution in [2.24, 2.45) is 0 Å². The van der Waals surface area contributed by atoms with Gasteiger partial charge in [0, 0.05) is 6.20 Å². The summed E-state index contributed by atoms with van der Waals surface area (Å²) in [4.78, 5) is 22.6. The molecule has 1 aliphatic rings. The van der Waals surface area contributed by atoms with E-state index in [4.69, 9.17) is 5.11 Å². The third-order valence-corrected chi connectivity index (χ3v) is 2.73. The van der Waals surface area contributed by atoms with Gasteiger partial charge in [-0.2, -0.15) is 5.10 Å². The second kappa shape index (κ2) is 3.38. The number of carbonyl (C=O) groups excluding carboxylic acids is 1. The van der Waals surface area contributed by atoms with Crippen molar-refractivity contribution in [2.75, 3.05) is 0 Å². The van der Waals surface area contributed by atoms with E-state index in [1.54, 1.807) is 0 Å². The van der Waals surface area contributed by atoms with Gasteiger partial charge in [-0.05, 0) is 19.3 Å². The Morgan fingerprint density at radius 1 is 1.53 bits per heavy atom. The molecule has 0 bridgehead atoms. The Hall–Kier alpha value is -1.85. The Labute approximate surface area is 85.7 Å². The van der Waals surface area contributed by atoms with E-state index >= 15 is 0 Å². The number of amides is 1. The molecule has 1 fully saturated rings. The van der Waals surface area contributed by atoms with Crippen LogP contribution in [0.4, 0.5) is 0 Å². The van der Waals surface area contributed by atoms with Crippen molar-refractivity contribution in [3.8, 4) is 0 Å². The summed E-state index contributed by atoms with van der Waals surface area (Å²) in [6.45, 7) is 0. The third-order valence-electron chi connectivity index (χ3n) is 2.73. The molecule has 1 aromatic heterocycles. The molecule has 0 aliphatic heterocycles. The molecule has 1 saturated carbocycles. The van der Waals surface area contributed by atoms with Gasteiger partial charge < -0.3 is 10.4 Å². The predicted molar refractivity (Wildman–Crippen MR) is 50.3 cm³/mol. The van der Waals surface area contributed by atoms with Crippen LogP contribution in [0.25, 0.3) is 0 Å². The lowest BCUT2D eigenvalue weighted by atomic mass is 9.76. The first-order valence-corrected chi connectivity index (χ1v) is 4.69. The van der Waals surface area contributed by atoms with Crippen LogP contribution in [0, 0.1) is 0 Å². The number of carboxylic acid groups (broad SMARTS) is 1. The minimum atomic E-state index is -1.06. The highest BCUT2D eigenvalue weighted by Gasteiger charge is 2.45. The Balaban J connectivity index is 2.08. The van der Waals surface area contributed by atoms with Crippen LogP contribution in [-0.4, -0.2) is 32.7 Å². The normalized spacial score (nSPS) is 17.9. The van der Waals surface area contributed by atoms with Crippen molar-refractivity contribution >= 4 is 11.9 Å². The molecule has 0 saturated heterocycles. The molecule has 6 nitrogen and oxygen atoms in total. The van der Waals surface area contributed by atoms with Crippen molar-refractivity contribution in [1.29, 1.82) is 0 Å². The maximum Gasteiger partial charge on any atom is 0.329 e. The van der Waals surface area contributed by atoms with Crippen molar-refractivity contribution in [2.45, 2.75) is 24.8 Å². The highest BCUT2D eigenvalue weighted by atomic mass is 16.4. The van der Waals surface area contributed by atoms with Crippen LogP contribution in [0.5, 0.6) is 0 Å². The number of aromatic nitrogens is 2. The van der Waals surface area contributed by atoms with E-state index in [0.717, 1.165) is 6.42 Å². The lowest BCUT2D eigenvalue weighted by molar-refractivity contribution is -0.148. The van der Waals surface area contributed by atoms with Gasteiger partial charge in [-0.15, -0.1) is 0 Å². The fraction of sp³-hybridized carbons (Fsp3) is 0.444. The Kier molecular flexibility index (Phi) is 2.18. The summed E-state index contributed by atoms with van der Waals surface area (Å²) in [5.41, 5.74) is -0.712. The molecular formula is C9H11N3O3. The van der Waals surface area contributed by atoms with Crippen LogP contribution in [-0.2, 0) is 4.79 Å². The molecule has 2 rings (SSSR count). The second-order valence-corrected chi connectivity index (χ2v) is 3.68. The van der Waals surface area contributed by atoms with E-state index in [1.165, 1.54) is 12.4 Å². The first-order chi connectivity index (χ1) is 7.14. The summed E-state index contributed by atoms with van der Waals surface area (Å²) in [5, 5.41) is 17.7. The first kappa shape index (κ1) is 9.70. The number of aromatic amines is 1. The zero-order valence-corrected chi connectivity index (χ0v) is 7.99. The Bertz CT molecular complexity index is 381. The zero-order chi connectivity index (χ0) is 10.9. The maximum absolute atomic E-state index is 11.6. The predicted octanol–water partition coefficient (Wildman–Crippen LogP) is 0.147. The van der Waals surface area contributed by atoms with E-state index in [-0.39, 0.29) is 0 Å². The van der Waals surface area contributed by atoms with Gasteiger partial charge in [0.1, 0.15) is 5.54 Å². The molecule has 1 aromatic rings. The number of carboxylic acids is 1. The largest absolute Gasteiger partial charge is 0.480 e. The molecule has 1 amide bonds. The summed E-state index contributed by atoms with van der Waals surface area (Å²) in [6.07, 6.45) is 4.61. The average Bonchev–Trinajstić information content (AvgIpc) is 2.62. The summed E-state index contributed by atoms with van der Waals surface area (Å²) in [6, 6.07) is 0. The van der Waals surface area contributed by atoms with E-state index in [1.807, 2.05) is 0 Å². The first-order valence-electron chi connectivity index (χ1n) is 4.69. The highest BCUT2D eigenvalue weighted by Crippen LogP contribution is 2.32. The van der Waals surface area contributed by atoms with E-state index in [2.05, 4.69) is 15.5 Å². The summed E-state index contributed by atoms with van der Waals surface area (Å²) in [7, 11) is 0. The van der Waals surface area contributed by atoms with Gasteiger partial charge in [-0.25, -0.2) is 4.79 Å². The SMILES string of the molecule is O=C(NC1(C(=O)O)CCC1)c1cn[nH]c1. The van der Waals surface area contributed by atoms with Crippen LogP contribution in [0.2, 0.25) is 0 Å². The number of H-pyrrole nitrogens is 1. The fourth-order valence-electron chi connectivity index (χ4n) is 1.59. The minimum absolute atomic E-state index is 0.350. The zero-order valence-electron chi connectivity index (χ0n) is 7.99. The topological polar surface area (TPSA) is 95.1 Å². The van der Waals surface area contributed by atoms with Crippen LogP contribution in [0.1, 0.15) is 29.6 Å². The van der Waals surface area contributed by atoms with Crippen LogP contribution < -0.4 is 5.32 Å². The maximum atomic E-state index is 11.6. The molecule has 15 heavy (non-hydrogen) atoms. The standard InChI is InChI=1S/C9H11N3O3/c13-7(6-4-10-11-5-6)12-9(8(14)15)2-1-3-9/h4-5H,1-3H2,(H,10,11)(H,12,13)(H,14,15). The number of carbonyl (C=O) groups is 2. The molecule has 0 atom stereocenters. The van der Waals surface area contributed by atoms with Gasteiger partial charge in [-0.3, -0.25) is 9.89 Å². The van der Waals surface area contributed by atoms with Gasteiger partial charge in [0.05, 0.1) is 11.8 Å². The molecule has 1 heterocycles. The molecule has 3 N–H and O–H groups in total. The highest BCUT2D eigenvalue weighted by molar-refractivity contribution is 5.97. The van der Waals surface area contributed by atoms with Gasteiger partial charge >= 0.3 is 5.97 Å².